The first kappa shape index (κ1) is 15.6. The van der Waals surface area contributed by atoms with Crippen molar-refractivity contribution in [3.63, 3.8) is 0 Å². The fraction of sp³-hybridized carbons (Fsp3) is 0.765. The normalized spacial score (nSPS) is 15.2. The summed E-state index contributed by atoms with van der Waals surface area (Å²) in [6, 6.07) is 2.89. The summed E-state index contributed by atoms with van der Waals surface area (Å²) in [6.07, 6.45) is 9.60. The second kappa shape index (κ2) is 8.48. The van der Waals surface area contributed by atoms with E-state index in [0.717, 1.165) is 24.9 Å². The van der Waals surface area contributed by atoms with Crippen LogP contribution in [0.4, 0.5) is 0 Å². The molecule has 114 valence electrons. The fourth-order valence-corrected chi connectivity index (χ4v) is 2.44. The van der Waals surface area contributed by atoms with Crippen molar-refractivity contribution in [3.8, 4) is 0 Å². The first-order chi connectivity index (χ1) is 9.83. The quantitative estimate of drug-likeness (QED) is 0.664. The Hall–Kier alpha value is -0.800. The molecule has 1 N–H and O–H groups in total. The Balaban J connectivity index is 1.84. The van der Waals surface area contributed by atoms with Crippen molar-refractivity contribution in [2.45, 2.75) is 71.5 Å². The molecule has 0 atom stereocenters. The summed E-state index contributed by atoms with van der Waals surface area (Å²) < 4.78 is 5.73. The Labute approximate surface area is 123 Å². The maximum absolute atomic E-state index is 5.73. The van der Waals surface area contributed by atoms with Gasteiger partial charge in [-0.25, -0.2) is 0 Å². The van der Waals surface area contributed by atoms with Gasteiger partial charge < -0.3 is 9.73 Å². The molecule has 1 aliphatic carbocycles. The smallest absolute Gasteiger partial charge is 0.122 e. The molecule has 1 aromatic heterocycles. The summed E-state index contributed by atoms with van der Waals surface area (Å²) in [5.74, 6) is 1.16. The molecule has 0 amide bonds. The van der Waals surface area contributed by atoms with Crippen LogP contribution in [0, 0.1) is 0 Å². The molecule has 0 radical (unpaired) electrons. The maximum atomic E-state index is 5.73. The van der Waals surface area contributed by atoms with Gasteiger partial charge in [-0.2, -0.15) is 0 Å². The molecule has 3 heteroatoms. The average molecular weight is 278 g/mol. The van der Waals surface area contributed by atoms with Gasteiger partial charge in [-0.1, -0.05) is 26.7 Å². The molecule has 20 heavy (non-hydrogen) atoms. The number of nitrogens with zero attached hydrogens (tertiary/aromatic N) is 1. The van der Waals surface area contributed by atoms with Crippen molar-refractivity contribution in [1.82, 2.24) is 10.2 Å². The molecule has 1 aromatic rings. The first-order valence-corrected chi connectivity index (χ1v) is 8.34. The molecule has 0 bridgehead atoms. The molecule has 1 heterocycles. The second-order valence-corrected chi connectivity index (χ2v) is 6.01. The lowest BCUT2D eigenvalue weighted by Gasteiger charge is -2.21. The van der Waals surface area contributed by atoms with E-state index < -0.39 is 0 Å². The largest absolute Gasteiger partial charge is 0.468 e. The van der Waals surface area contributed by atoms with Crippen molar-refractivity contribution < 1.29 is 4.42 Å². The molecule has 3 nitrogen and oxygen atoms in total. The highest BCUT2D eigenvalue weighted by Gasteiger charge is 2.21. The van der Waals surface area contributed by atoms with Crippen LogP contribution >= 0.6 is 0 Å². The highest BCUT2D eigenvalue weighted by molar-refractivity contribution is 5.17. The van der Waals surface area contributed by atoms with Crippen molar-refractivity contribution >= 4 is 0 Å². The molecule has 1 fully saturated rings. The lowest BCUT2D eigenvalue weighted by Crippen LogP contribution is -2.26. The third-order valence-electron chi connectivity index (χ3n) is 4.02. The third kappa shape index (κ3) is 5.29. The third-order valence-corrected chi connectivity index (χ3v) is 4.02. The van der Waals surface area contributed by atoms with Crippen molar-refractivity contribution in [2.75, 3.05) is 13.1 Å². The van der Waals surface area contributed by atoms with Gasteiger partial charge in [0.25, 0.3) is 0 Å². The minimum absolute atomic E-state index is 0.758. The zero-order chi connectivity index (χ0) is 14.2. The van der Waals surface area contributed by atoms with Crippen LogP contribution in [-0.4, -0.2) is 24.0 Å². The molecule has 1 saturated carbocycles. The molecule has 1 aliphatic rings. The number of hydrogen-bond donors (Lipinski definition) is 1. The van der Waals surface area contributed by atoms with Crippen LogP contribution in [0.1, 0.15) is 63.7 Å². The summed E-state index contributed by atoms with van der Waals surface area (Å²) in [7, 11) is 0. The molecule has 0 spiro atoms. The van der Waals surface area contributed by atoms with E-state index in [9.17, 15) is 0 Å². The Morgan fingerprint density at radius 1 is 1.20 bits per heavy atom. The molecule has 0 saturated heterocycles. The van der Waals surface area contributed by atoms with Crippen LogP contribution in [0.25, 0.3) is 0 Å². The van der Waals surface area contributed by atoms with Crippen LogP contribution in [0.3, 0.4) is 0 Å². The minimum Gasteiger partial charge on any atom is -0.468 e. The van der Waals surface area contributed by atoms with Crippen LogP contribution < -0.4 is 5.32 Å². The monoisotopic (exact) mass is 278 g/mol. The van der Waals surface area contributed by atoms with Crippen molar-refractivity contribution in [2.24, 2.45) is 0 Å². The Morgan fingerprint density at radius 2 is 1.90 bits per heavy atom. The SMILES string of the molecule is CCCCN(CCCC)Cc1occc1CNC1CC1. The molecule has 2 rings (SSSR count). The van der Waals surface area contributed by atoms with E-state index in [1.54, 1.807) is 0 Å². The Bertz CT molecular complexity index is 363. The van der Waals surface area contributed by atoms with Gasteiger partial charge in [-0.15, -0.1) is 0 Å². The Morgan fingerprint density at radius 3 is 2.50 bits per heavy atom. The van der Waals surface area contributed by atoms with Gasteiger partial charge in [0.1, 0.15) is 5.76 Å². The number of hydrogen-bond acceptors (Lipinski definition) is 3. The summed E-state index contributed by atoms with van der Waals surface area (Å²) in [4.78, 5) is 2.55. The van der Waals surface area contributed by atoms with E-state index in [1.165, 1.54) is 57.2 Å². The molecular formula is C17H30N2O. The molecule has 0 aliphatic heterocycles. The zero-order valence-corrected chi connectivity index (χ0v) is 13.2. The second-order valence-electron chi connectivity index (χ2n) is 6.01. The molecular weight excluding hydrogens is 248 g/mol. The predicted octanol–water partition coefficient (Wildman–Crippen LogP) is 3.93. The number of nitrogens with one attached hydrogen (secondary N) is 1. The van der Waals surface area contributed by atoms with Gasteiger partial charge in [0.2, 0.25) is 0 Å². The minimum atomic E-state index is 0.758. The van der Waals surface area contributed by atoms with E-state index in [0.29, 0.717) is 0 Å². The first-order valence-electron chi connectivity index (χ1n) is 8.34. The average Bonchev–Trinajstić information content (AvgIpc) is 3.19. The van der Waals surface area contributed by atoms with Gasteiger partial charge in [-0.3, -0.25) is 4.90 Å². The summed E-state index contributed by atoms with van der Waals surface area (Å²) in [5.41, 5.74) is 1.34. The van der Waals surface area contributed by atoms with Crippen LogP contribution in [0.15, 0.2) is 16.7 Å². The highest BCUT2D eigenvalue weighted by Crippen LogP contribution is 2.21. The van der Waals surface area contributed by atoms with Gasteiger partial charge in [0, 0.05) is 18.2 Å². The van der Waals surface area contributed by atoms with Crippen molar-refractivity contribution in [1.29, 1.82) is 0 Å². The van der Waals surface area contributed by atoms with Gasteiger partial charge in [0.05, 0.1) is 12.8 Å². The summed E-state index contributed by atoms with van der Waals surface area (Å²) in [6.45, 7) is 8.83. The zero-order valence-electron chi connectivity index (χ0n) is 13.2. The van der Waals surface area contributed by atoms with E-state index in [1.807, 2.05) is 6.26 Å². The van der Waals surface area contributed by atoms with Gasteiger partial charge in [0.15, 0.2) is 0 Å². The lowest BCUT2D eigenvalue weighted by molar-refractivity contribution is 0.235. The summed E-state index contributed by atoms with van der Waals surface area (Å²) >= 11 is 0. The van der Waals surface area contributed by atoms with Crippen LogP contribution in [0.2, 0.25) is 0 Å². The standard InChI is InChI=1S/C17H30N2O/c1-3-5-10-19(11-6-4-2)14-17-15(9-12-20-17)13-18-16-7-8-16/h9,12,16,18H,3-8,10-11,13-14H2,1-2H3. The Kier molecular flexibility index (Phi) is 6.61. The summed E-state index contributed by atoms with van der Waals surface area (Å²) in [5, 5.41) is 3.58. The fourth-order valence-electron chi connectivity index (χ4n) is 2.44. The van der Waals surface area contributed by atoms with E-state index in [2.05, 4.69) is 30.1 Å². The van der Waals surface area contributed by atoms with E-state index in [4.69, 9.17) is 4.42 Å². The maximum Gasteiger partial charge on any atom is 0.122 e. The number of unbranched alkanes of at least 4 members (excludes halogenated alkanes) is 2. The van der Waals surface area contributed by atoms with Gasteiger partial charge in [-0.05, 0) is 44.8 Å². The van der Waals surface area contributed by atoms with Crippen molar-refractivity contribution in [3.05, 3.63) is 23.7 Å². The topological polar surface area (TPSA) is 28.4 Å². The van der Waals surface area contributed by atoms with Crippen LogP contribution in [0.5, 0.6) is 0 Å². The number of furan rings is 1. The number of rotatable bonds is 11. The molecule has 0 unspecified atom stereocenters. The highest BCUT2D eigenvalue weighted by atomic mass is 16.3. The predicted molar refractivity (Wildman–Crippen MR) is 83.7 cm³/mol. The van der Waals surface area contributed by atoms with Gasteiger partial charge >= 0.3 is 0 Å². The molecule has 0 aromatic carbocycles. The van der Waals surface area contributed by atoms with Crippen LogP contribution in [-0.2, 0) is 13.1 Å². The van der Waals surface area contributed by atoms with E-state index in [-0.39, 0.29) is 0 Å². The van der Waals surface area contributed by atoms with E-state index >= 15 is 0 Å². The lowest BCUT2D eigenvalue weighted by atomic mass is 10.2.